The lowest BCUT2D eigenvalue weighted by atomic mass is 9.95. The van der Waals surface area contributed by atoms with Gasteiger partial charge in [0.2, 0.25) is 0 Å². The van der Waals surface area contributed by atoms with E-state index in [1.807, 2.05) is 78.9 Å². The van der Waals surface area contributed by atoms with Crippen molar-refractivity contribution in [3.8, 4) is 22.8 Å². The van der Waals surface area contributed by atoms with Gasteiger partial charge in [-0.3, -0.25) is 14.8 Å². The van der Waals surface area contributed by atoms with Crippen molar-refractivity contribution in [2.75, 3.05) is 19.1 Å². The highest BCUT2D eigenvalue weighted by Gasteiger charge is 2.43. The highest BCUT2D eigenvalue weighted by molar-refractivity contribution is 6.11. The Kier molecular flexibility index (Phi) is 4.67. The number of benzene rings is 3. The van der Waals surface area contributed by atoms with Crippen molar-refractivity contribution in [2.45, 2.75) is 6.04 Å². The average molecular weight is 411 g/mol. The predicted octanol–water partition coefficient (Wildman–Crippen LogP) is 4.84. The van der Waals surface area contributed by atoms with Gasteiger partial charge in [-0.15, -0.1) is 0 Å². The molecule has 1 aromatic heterocycles. The summed E-state index contributed by atoms with van der Waals surface area (Å²) in [6.07, 6.45) is 0. The van der Waals surface area contributed by atoms with Crippen LogP contribution in [-0.4, -0.2) is 30.3 Å². The van der Waals surface area contributed by atoms with E-state index in [9.17, 15) is 4.79 Å². The molecule has 31 heavy (non-hydrogen) atoms. The maximum absolute atomic E-state index is 13.5. The fourth-order valence-corrected chi connectivity index (χ4v) is 4.16. The summed E-state index contributed by atoms with van der Waals surface area (Å²) in [4.78, 5) is 15.3. The lowest BCUT2D eigenvalue weighted by molar-refractivity contribution is 0.0988. The van der Waals surface area contributed by atoms with Crippen molar-refractivity contribution in [3.63, 3.8) is 0 Å². The highest BCUT2D eigenvalue weighted by Crippen LogP contribution is 2.46. The molecule has 0 radical (unpaired) electrons. The monoisotopic (exact) mass is 411 g/mol. The first kappa shape index (κ1) is 18.9. The maximum Gasteiger partial charge on any atom is 0.277 e. The molecule has 0 fully saturated rings. The van der Waals surface area contributed by atoms with E-state index in [-0.39, 0.29) is 11.9 Å². The molecule has 1 N–H and O–H groups in total. The van der Waals surface area contributed by atoms with Gasteiger partial charge >= 0.3 is 0 Å². The summed E-state index contributed by atoms with van der Waals surface area (Å²) in [7, 11) is 3.21. The molecule has 2 heterocycles. The van der Waals surface area contributed by atoms with Crippen LogP contribution >= 0.6 is 0 Å². The molecule has 6 nitrogen and oxygen atoms in total. The Morgan fingerprint density at radius 1 is 0.871 bits per heavy atom. The molecule has 3 aromatic carbocycles. The molecular formula is C25H21N3O3. The van der Waals surface area contributed by atoms with E-state index in [1.165, 1.54) is 0 Å². The molecule has 4 aromatic rings. The number of carbonyl (C=O) groups is 1. The van der Waals surface area contributed by atoms with Gasteiger partial charge in [0.1, 0.15) is 5.69 Å². The number of anilines is 1. The van der Waals surface area contributed by atoms with Crippen LogP contribution in [0.4, 0.5) is 5.69 Å². The number of methoxy groups -OCH3 is 2. The minimum absolute atomic E-state index is 0.115. The van der Waals surface area contributed by atoms with Crippen LogP contribution in [0.25, 0.3) is 11.3 Å². The normalized spacial score (nSPS) is 15.1. The lowest BCUT2D eigenvalue weighted by Gasteiger charge is -2.27. The van der Waals surface area contributed by atoms with Crippen LogP contribution in [-0.2, 0) is 0 Å². The molecule has 0 saturated heterocycles. The maximum atomic E-state index is 13.5. The third-order valence-electron chi connectivity index (χ3n) is 5.57. The summed E-state index contributed by atoms with van der Waals surface area (Å²) in [5, 5.41) is 7.50. The van der Waals surface area contributed by atoms with Gasteiger partial charge in [0.25, 0.3) is 5.91 Å². The number of hydrogen-bond acceptors (Lipinski definition) is 4. The largest absolute Gasteiger partial charge is 0.493 e. The van der Waals surface area contributed by atoms with Crippen molar-refractivity contribution in [3.05, 3.63) is 95.7 Å². The topological polar surface area (TPSA) is 67.5 Å². The van der Waals surface area contributed by atoms with Gasteiger partial charge in [0.15, 0.2) is 11.5 Å². The molecule has 1 unspecified atom stereocenters. The summed E-state index contributed by atoms with van der Waals surface area (Å²) < 4.78 is 10.9. The number of fused-ring (bicyclic) bond motifs is 1. The molecule has 6 heteroatoms. The Labute approximate surface area is 180 Å². The second-order valence-corrected chi connectivity index (χ2v) is 7.25. The zero-order chi connectivity index (χ0) is 21.4. The smallest absolute Gasteiger partial charge is 0.277 e. The van der Waals surface area contributed by atoms with Gasteiger partial charge in [-0.05, 0) is 29.8 Å². The molecule has 0 spiro atoms. The first-order valence-electron chi connectivity index (χ1n) is 9.97. The zero-order valence-corrected chi connectivity index (χ0v) is 17.2. The fraction of sp³-hybridized carbons (Fsp3) is 0.120. The van der Waals surface area contributed by atoms with E-state index in [0.717, 1.165) is 28.1 Å². The number of nitrogens with one attached hydrogen (secondary N) is 1. The van der Waals surface area contributed by atoms with Crippen LogP contribution in [0.2, 0.25) is 0 Å². The summed E-state index contributed by atoms with van der Waals surface area (Å²) >= 11 is 0. The first-order chi connectivity index (χ1) is 15.2. The molecule has 5 rings (SSSR count). The van der Waals surface area contributed by atoms with Crippen LogP contribution in [0.1, 0.15) is 27.7 Å². The van der Waals surface area contributed by atoms with Crippen molar-refractivity contribution in [1.82, 2.24) is 10.2 Å². The van der Waals surface area contributed by atoms with E-state index in [1.54, 1.807) is 19.1 Å². The van der Waals surface area contributed by atoms with E-state index >= 15 is 0 Å². The van der Waals surface area contributed by atoms with E-state index in [0.29, 0.717) is 17.2 Å². The van der Waals surface area contributed by atoms with E-state index in [4.69, 9.17) is 9.47 Å². The molecule has 1 atom stereocenters. The number of aromatic nitrogens is 2. The Morgan fingerprint density at radius 2 is 1.55 bits per heavy atom. The minimum atomic E-state index is -0.362. The molecule has 0 bridgehead atoms. The second kappa shape index (κ2) is 7.65. The van der Waals surface area contributed by atoms with Gasteiger partial charge in [-0.1, -0.05) is 54.6 Å². The Bertz CT molecular complexity index is 1240. The number of H-pyrrole nitrogens is 1. The molecule has 1 amide bonds. The Hall–Kier alpha value is -4.06. The van der Waals surface area contributed by atoms with Crippen molar-refractivity contribution in [2.24, 2.45) is 0 Å². The number of carbonyl (C=O) groups excluding carboxylic acids is 1. The summed E-state index contributed by atoms with van der Waals surface area (Å²) in [6.45, 7) is 0. The first-order valence-corrected chi connectivity index (χ1v) is 9.97. The summed E-state index contributed by atoms with van der Waals surface area (Å²) in [5.41, 5.74) is 4.80. The van der Waals surface area contributed by atoms with Crippen LogP contribution < -0.4 is 14.4 Å². The average Bonchev–Trinajstić information content (AvgIpc) is 3.38. The molecule has 0 saturated carbocycles. The van der Waals surface area contributed by atoms with Crippen molar-refractivity contribution >= 4 is 11.6 Å². The number of para-hydroxylation sites is 1. The molecular weight excluding hydrogens is 390 g/mol. The van der Waals surface area contributed by atoms with E-state index < -0.39 is 0 Å². The number of nitrogens with zero attached hydrogens (tertiary/aromatic N) is 2. The quantitative estimate of drug-likeness (QED) is 0.510. The highest BCUT2D eigenvalue weighted by atomic mass is 16.5. The molecule has 0 aliphatic carbocycles. The Balaban J connectivity index is 1.74. The van der Waals surface area contributed by atoms with Crippen molar-refractivity contribution < 1.29 is 14.3 Å². The number of hydrogen-bond donors (Lipinski definition) is 1. The zero-order valence-electron chi connectivity index (χ0n) is 17.2. The van der Waals surface area contributed by atoms with E-state index in [2.05, 4.69) is 10.2 Å². The van der Waals surface area contributed by atoms with Gasteiger partial charge in [0.05, 0.1) is 26.0 Å². The predicted molar refractivity (Wildman–Crippen MR) is 119 cm³/mol. The van der Waals surface area contributed by atoms with Gasteiger partial charge in [-0.2, -0.15) is 5.10 Å². The summed E-state index contributed by atoms with van der Waals surface area (Å²) in [6, 6.07) is 24.9. The third kappa shape index (κ3) is 3.04. The van der Waals surface area contributed by atoms with Gasteiger partial charge in [0, 0.05) is 16.8 Å². The number of rotatable bonds is 5. The Morgan fingerprint density at radius 3 is 2.23 bits per heavy atom. The van der Waals surface area contributed by atoms with Crippen LogP contribution in [0, 0.1) is 0 Å². The molecule has 1 aliphatic rings. The minimum Gasteiger partial charge on any atom is -0.493 e. The van der Waals surface area contributed by atoms with Crippen molar-refractivity contribution in [1.29, 1.82) is 0 Å². The number of ether oxygens (including phenoxy) is 2. The fourth-order valence-electron chi connectivity index (χ4n) is 4.16. The standard InChI is InChI=1S/C25H21N3O3/c1-30-19-14-13-17(15-20(19)31-2)24-21-22(16-9-5-3-6-10-16)26-27-23(21)25(29)28(24)18-11-7-4-8-12-18/h3-15,24H,1-2H3,(H,26,27). The molecule has 154 valence electrons. The lowest BCUT2D eigenvalue weighted by Crippen LogP contribution is -2.29. The number of aromatic amines is 1. The van der Waals surface area contributed by atoms with Gasteiger partial charge in [-0.25, -0.2) is 0 Å². The van der Waals surface area contributed by atoms with Crippen LogP contribution in [0.3, 0.4) is 0 Å². The summed E-state index contributed by atoms with van der Waals surface area (Å²) in [5.74, 6) is 1.13. The molecule has 1 aliphatic heterocycles. The SMILES string of the molecule is COc1ccc(C2c3c(-c4ccccc4)n[nH]c3C(=O)N2c2ccccc2)cc1OC. The van der Waals surface area contributed by atoms with Crippen LogP contribution in [0.5, 0.6) is 11.5 Å². The number of amides is 1. The third-order valence-corrected chi connectivity index (χ3v) is 5.57. The van der Waals surface area contributed by atoms with Crippen LogP contribution in [0.15, 0.2) is 78.9 Å². The van der Waals surface area contributed by atoms with Gasteiger partial charge < -0.3 is 9.47 Å². The second-order valence-electron chi connectivity index (χ2n) is 7.25.